The predicted octanol–water partition coefficient (Wildman–Crippen LogP) is 3.13. The second-order valence-corrected chi connectivity index (χ2v) is 7.75. The molecule has 0 spiro atoms. The van der Waals surface area contributed by atoms with Crippen LogP contribution in [0.1, 0.15) is 26.7 Å². The molecule has 1 aromatic heterocycles. The number of piperazine rings is 1. The van der Waals surface area contributed by atoms with E-state index in [2.05, 4.69) is 58.5 Å². The molecule has 0 aromatic carbocycles. The minimum absolute atomic E-state index is 0.142. The standard InChI is InChI=1S/C16H22IN3O2/c1-11(2)10-22-16(21)20-13-4-5-14(20)9-19(8-13)15-6-3-12(17)7-18-15/h3,6-7,11,13-14H,4-5,8-10H2,1-2H3. The maximum absolute atomic E-state index is 12.3. The van der Waals surface area contributed by atoms with Crippen LogP contribution in [0.2, 0.25) is 0 Å². The van der Waals surface area contributed by atoms with Crippen LogP contribution in [0, 0.1) is 9.49 Å². The number of anilines is 1. The Morgan fingerprint density at radius 3 is 2.59 bits per heavy atom. The van der Waals surface area contributed by atoms with E-state index in [0.717, 1.165) is 35.3 Å². The van der Waals surface area contributed by atoms with Gasteiger partial charge in [0.2, 0.25) is 0 Å². The van der Waals surface area contributed by atoms with Crippen LogP contribution in [-0.4, -0.2) is 47.8 Å². The Morgan fingerprint density at radius 2 is 2.05 bits per heavy atom. The number of rotatable bonds is 3. The molecule has 3 heterocycles. The number of hydrogen-bond acceptors (Lipinski definition) is 4. The van der Waals surface area contributed by atoms with Gasteiger partial charge in [-0.15, -0.1) is 0 Å². The van der Waals surface area contributed by atoms with Crippen molar-refractivity contribution in [3.8, 4) is 0 Å². The van der Waals surface area contributed by atoms with Gasteiger partial charge >= 0.3 is 6.09 Å². The highest BCUT2D eigenvalue weighted by Gasteiger charge is 2.43. The zero-order chi connectivity index (χ0) is 15.7. The minimum Gasteiger partial charge on any atom is -0.449 e. The molecule has 0 radical (unpaired) electrons. The van der Waals surface area contributed by atoms with E-state index in [1.807, 2.05) is 11.1 Å². The van der Waals surface area contributed by atoms with Gasteiger partial charge in [0.25, 0.3) is 0 Å². The summed E-state index contributed by atoms with van der Waals surface area (Å²) in [7, 11) is 0. The van der Waals surface area contributed by atoms with E-state index >= 15 is 0 Å². The summed E-state index contributed by atoms with van der Waals surface area (Å²) in [6.07, 6.45) is 3.86. The van der Waals surface area contributed by atoms with Crippen LogP contribution in [0.3, 0.4) is 0 Å². The number of carbonyl (C=O) groups is 1. The lowest BCUT2D eigenvalue weighted by Crippen LogP contribution is -2.56. The Balaban J connectivity index is 1.66. The Bertz CT molecular complexity index is 521. The third-order valence-corrected chi connectivity index (χ3v) is 4.91. The smallest absolute Gasteiger partial charge is 0.410 e. The summed E-state index contributed by atoms with van der Waals surface area (Å²) in [6.45, 7) is 6.31. The first-order valence-electron chi connectivity index (χ1n) is 7.86. The molecule has 2 aliphatic rings. The molecule has 2 unspecified atom stereocenters. The first-order chi connectivity index (χ1) is 10.5. The lowest BCUT2D eigenvalue weighted by molar-refractivity contribution is 0.0703. The minimum atomic E-state index is -0.142. The normalized spacial score (nSPS) is 24.0. The summed E-state index contributed by atoms with van der Waals surface area (Å²) in [5.41, 5.74) is 0. The van der Waals surface area contributed by atoms with E-state index in [9.17, 15) is 4.79 Å². The van der Waals surface area contributed by atoms with Crippen LogP contribution < -0.4 is 4.90 Å². The van der Waals surface area contributed by atoms with Gasteiger partial charge < -0.3 is 9.64 Å². The molecule has 0 aliphatic carbocycles. The summed E-state index contributed by atoms with van der Waals surface area (Å²) in [6, 6.07) is 4.64. The van der Waals surface area contributed by atoms with Crippen molar-refractivity contribution in [1.82, 2.24) is 9.88 Å². The van der Waals surface area contributed by atoms with Crippen molar-refractivity contribution in [2.45, 2.75) is 38.8 Å². The van der Waals surface area contributed by atoms with Crippen molar-refractivity contribution >= 4 is 34.5 Å². The number of halogens is 1. The van der Waals surface area contributed by atoms with Crippen LogP contribution in [0.5, 0.6) is 0 Å². The van der Waals surface area contributed by atoms with Gasteiger partial charge in [-0.2, -0.15) is 0 Å². The SMILES string of the molecule is CC(C)COC(=O)N1C2CCC1CN(c1ccc(I)cn1)C2. The number of pyridine rings is 1. The van der Waals surface area contributed by atoms with Gasteiger partial charge in [-0.25, -0.2) is 9.78 Å². The summed E-state index contributed by atoms with van der Waals surface area (Å²) in [5, 5.41) is 0. The summed E-state index contributed by atoms with van der Waals surface area (Å²) < 4.78 is 6.57. The van der Waals surface area contributed by atoms with Crippen LogP contribution in [-0.2, 0) is 4.74 Å². The first kappa shape index (κ1) is 15.8. The van der Waals surface area contributed by atoms with Gasteiger partial charge in [-0.1, -0.05) is 13.8 Å². The Hall–Kier alpha value is -1.05. The second kappa shape index (κ2) is 6.60. The molecule has 0 saturated carbocycles. The van der Waals surface area contributed by atoms with Crippen LogP contribution in [0.4, 0.5) is 10.6 Å². The molecular formula is C16H22IN3O2. The molecule has 3 rings (SSSR count). The molecule has 2 fully saturated rings. The van der Waals surface area contributed by atoms with Crippen LogP contribution in [0.15, 0.2) is 18.3 Å². The van der Waals surface area contributed by atoms with Gasteiger partial charge in [0, 0.05) is 22.9 Å². The van der Waals surface area contributed by atoms with Gasteiger partial charge in [0.15, 0.2) is 0 Å². The Morgan fingerprint density at radius 1 is 1.36 bits per heavy atom. The second-order valence-electron chi connectivity index (χ2n) is 6.50. The predicted molar refractivity (Wildman–Crippen MR) is 94.0 cm³/mol. The van der Waals surface area contributed by atoms with Gasteiger partial charge in [-0.3, -0.25) is 4.90 Å². The summed E-state index contributed by atoms with van der Waals surface area (Å²) in [4.78, 5) is 21.1. The van der Waals surface area contributed by atoms with Crippen LogP contribution in [0.25, 0.3) is 0 Å². The van der Waals surface area contributed by atoms with Gasteiger partial charge in [-0.05, 0) is 53.5 Å². The Labute approximate surface area is 145 Å². The topological polar surface area (TPSA) is 45.7 Å². The molecule has 1 amide bonds. The van der Waals surface area contributed by atoms with Crippen molar-refractivity contribution in [2.75, 3.05) is 24.6 Å². The fourth-order valence-electron chi connectivity index (χ4n) is 3.26. The third-order valence-electron chi connectivity index (χ3n) is 4.27. The average molecular weight is 415 g/mol. The van der Waals surface area contributed by atoms with Crippen molar-refractivity contribution in [3.05, 3.63) is 21.9 Å². The molecule has 2 aliphatic heterocycles. The van der Waals surface area contributed by atoms with Crippen molar-refractivity contribution in [1.29, 1.82) is 0 Å². The fourth-order valence-corrected chi connectivity index (χ4v) is 3.57. The molecule has 1 aromatic rings. The molecule has 2 bridgehead atoms. The third kappa shape index (κ3) is 3.31. The number of nitrogens with zero attached hydrogens (tertiary/aromatic N) is 3. The van der Waals surface area contributed by atoms with E-state index in [4.69, 9.17) is 4.74 Å². The molecule has 5 nitrogen and oxygen atoms in total. The van der Waals surface area contributed by atoms with Gasteiger partial charge in [0.1, 0.15) is 5.82 Å². The maximum atomic E-state index is 12.3. The number of amides is 1. The molecule has 2 atom stereocenters. The van der Waals surface area contributed by atoms with E-state index in [-0.39, 0.29) is 18.2 Å². The number of hydrogen-bond donors (Lipinski definition) is 0. The van der Waals surface area contributed by atoms with E-state index in [1.54, 1.807) is 0 Å². The average Bonchev–Trinajstić information content (AvgIpc) is 2.76. The molecule has 0 N–H and O–H groups in total. The highest BCUT2D eigenvalue weighted by molar-refractivity contribution is 14.1. The van der Waals surface area contributed by atoms with Gasteiger partial charge in [0.05, 0.1) is 18.7 Å². The van der Waals surface area contributed by atoms with Crippen molar-refractivity contribution in [3.63, 3.8) is 0 Å². The Kier molecular flexibility index (Phi) is 4.75. The molecule has 120 valence electrons. The monoisotopic (exact) mass is 415 g/mol. The molecule has 2 saturated heterocycles. The highest BCUT2D eigenvalue weighted by Crippen LogP contribution is 2.32. The molecule has 22 heavy (non-hydrogen) atoms. The van der Waals surface area contributed by atoms with E-state index < -0.39 is 0 Å². The van der Waals surface area contributed by atoms with E-state index in [0.29, 0.717) is 12.5 Å². The number of aromatic nitrogens is 1. The van der Waals surface area contributed by atoms with Crippen molar-refractivity contribution < 1.29 is 9.53 Å². The highest BCUT2D eigenvalue weighted by atomic mass is 127. The zero-order valence-corrected chi connectivity index (χ0v) is 15.2. The number of fused-ring (bicyclic) bond motifs is 2. The lowest BCUT2D eigenvalue weighted by Gasteiger charge is -2.40. The maximum Gasteiger partial charge on any atom is 0.410 e. The quantitative estimate of drug-likeness (QED) is 0.712. The molecule has 6 heteroatoms. The fraction of sp³-hybridized carbons (Fsp3) is 0.625. The van der Waals surface area contributed by atoms with Crippen LogP contribution >= 0.6 is 22.6 Å². The number of carbonyl (C=O) groups excluding carboxylic acids is 1. The van der Waals surface area contributed by atoms with Crippen molar-refractivity contribution in [2.24, 2.45) is 5.92 Å². The molecular weight excluding hydrogens is 393 g/mol. The summed E-state index contributed by atoms with van der Waals surface area (Å²) in [5.74, 6) is 1.38. The first-order valence-corrected chi connectivity index (χ1v) is 8.94. The summed E-state index contributed by atoms with van der Waals surface area (Å²) >= 11 is 2.26. The number of ether oxygens (including phenoxy) is 1. The zero-order valence-electron chi connectivity index (χ0n) is 13.0. The van der Waals surface area contributed by atoms with E-state index in [1.165, 1.54) is 0 Å². The lowest BCUT2D eigenvalue weighted by atomic mass is 10.2. The largest absolute Gasteiger partial charge is 0.449 e.